The number of allylic oxidation sites excluding steroid dienone is 3. The number of hydrogen-bond donors (Lipinski definition) is 0. The fourth-order valence-corrected chi connectivity index (χ4v) is 4.01. The third-order valence-corrected chi connectivity index (χ3v) is 6.14. The average Bonchev–Trinajstić information content (AvgIpc) is 2.84. The summed E-state index contributed by atoms with van der Waals surface area (Å²) in [5, 5.41) is 0. The van der Waals surface area contributed by atoms with Gasteiger partial charge in [-0.3, -0.25) is 4.79 Å². The SMILES string of the molecule is CC(C)c1ccc(N2CCN(C(=O)Cc3ccc(COC4=CCCC=C4)cc3)CC2)nc1. The molecule has 5 heteroatoms. The fraction of sp³-hybridized carbons (Fsp3) is 0.407. The average molecular weight is 432 g/mol. The number of aromatic nitrogens is 1. The smallest absolute Gasteiger partial charge is 0.227 e. The van der Waals surface area contributed by atoms with Crippen molar-refractivity contribution < 1.29 is 9.53 Å². The minimum atomic E-state index is 0.189. The van der Waals surface area contributed by atoms with E-state index in [0.717, 1.165) is 61.7 Å². The molecule has 5 nitrogen and oxygen atoms in total. The van der Waals surface area contributed by atoms with Crippen LogP contribution in [0.2, 0.25) is 0 Å². The van der Waals surface area contributed by atoms with Crippen LogP contribution in [0.5, 0.6) is 0 Å². The van der Waals surface area contributed by atoms with Crippen LogP contribution in [0.3, 0.4) is 0 Å². The Hall–Kier alpha value is -3.08. The molecule has 0 radical (unpaired) electrons. The summed E-state index contributed by atoms with van der Waals surface area (Å²) >= 11 is 0. The Bertz CT molecular complexity index is 953. The van der Waals surface area contributed by atoms with E-state index in [1.807, 2.05) is 29.3 Å². The zero-order valence-electron chi connectivity index (χ0n) is 19.2. The molecule has 1 saturated heterocycles. The molecule has 168 valence electrons. The summed E-state index contributed by atoms with van der Waals surface area (Å²) in [4.78, 5) is 21.7. The first-order chi connectivity index (χ1) is 15.6. The van der Waals surface area contributed by atoms with Crippen LogP contribution in [0.15, 0.2) is 66.6 Å². The highest BCUT2D eigenvalue weighted by atomic mass is 16.5. The van der Waals surface area contributed by atoms with Gasteiger partial charge in [-0.25, -0.2) is 4.98 Å². The lowest BCUT2D eigenvalue weighted by molar-refractivity contribution is -0.130. The molecule has 1 aliphatic heterocycles. The van der Waals surface area contributed by atoms with Crippen LogP contribution in [0, 0.1) is 0 Å². The van der Waals surface area contributed by atoms with Crippen LogP contribution in [-0.2, 0) is 22.6 Å². The molecule has 1 amide bonds. The van der Waals surface area contributed by atoms with E-state index in [9.17, 15) is 4.79 Å². The van der Waals surface area contributed by atoms with Crippen molar-refractivity contribution in [1.29, 1.82) is 0 Å². The van der Waals surface area contributed by atoms with Crippen molar-refractivity contribution in [1.82, 2.24) is 9.88 Å². The molecule has 2 aliphatic rings. The summed E-state index contributed by atoms with van der Waals surface area (Å²) in [6.45, 7) is 8.02. The maximum Gasteiger partial charge on any atom is 0.227 e. The molecular formula is C27H33N3O2. The van der Waals surface area contributed by atoms with Gasteiger partial charge in [0, 0.05) is 32.4 Å². The van der Waals surface area contributed by atoms with Gasteiger partial charge in [0.1, 0.15) is 18.2 Å². The van der Waals surface area contributed by atoms with Gasteiger partial charge in [0.2, 0.25) is 5.91 Å². The number of hydrogen-bond acceptors (Lipinski definition) is 4. The number of piperazine rings is 1. The minimum absolute atomic E-state index is 0.189. The van der Waals surface area contributed by atoms with Gasteiger partial charge in [-0.15, -0.1) is 0 Å². The van der Waals surface area contributed by atoms with Crippen LogP contribution in [0.25, 0.3) is 0 Å². The van der Waals surface area contributed by atoms with E-state index in [1.165, 1.54) is 5.56 Å². The lowest BCUT2D eigenvalue weighted by atomic mass is 10.1. The Balaban J connectivity index is 1.24. The van der Waals surface area contributed by atoms with Gasteiger partial charge in [-0.05, 0) is 53.7 Å². The Kier molecular flexibility index (Phi) is 7.25. The number of rotatable bonds is 7. The Morgan fingerprint density at radius 1 is 1.00 bits per heavy atom. The van der Waals surface area contributed by atoms with E-state index in [0.29, 0.717) is 18.9 Å². The maximum atomic E-state index is 12.8. The van der Waals surface area contributed by atoms with E-state index in [2.05, 4.69) is 60.1 Å². The second-order valence-electron chi connectivity index (χ2n) is 8.84. The normalized spacial score (nSPS) is 16.3. The third-order valence-electron chi connectivity index (χ3n) is 6.14. The van der Waals surface area contributed by atoms with Crippen molar-refractivity contribution in [2.24, 2.45) is 0 Å². The van der Waals surface area contributed by atoms with Gasteiger partial charge in [0.15, 0.2) is 0 Å². The zero-order valence-corrected chi connectivity index (χ0v) is 19.2. The molecule has 0 bridgehead atoms. The van der Waals surface area contributed by atoms with Crippen LogP contribution in [-0.4, -0.2) is 42.0 Å². The van der Waals surface area contributed by atoms with Gasteiger partial charge in [-0.1, -0.05) is 50.3 Å². The first kappa shape index (κ1) is 22.1. The number of ether oxygens (including phenoxy) is 1. The van der Waals surface area contributed by atoms with E-state index in [4.69, 9.17) is 4.74 Å². The van der Waals surface area contributed by atoms with Crippen LogP contribution in [0.4, 0.5) is 5.82 Å². The van der Waals surface area contributed by atoms with Crippen LogP contribution in [0.1, 0.15) is 49.3 Å². The lowest BCUT2D eigenvalue weighted by Crippen LogP contribution is -2.49. The Morgan fingerprint density at radius 2 is 1.75 bits per heavy atom. The summed E-state index contributed by atoms with van der Waals surface area (Å²) in [7, 11) is 0. The number of nitrogens with zero attached hydrogens (tertiary/aromatic N) is 3. The summed E-state index contributed by atoms with van der Waals surface area (Å²) in [5.74, 6) is 2.62. The number of amides is 1. The van der Waals surface area contributed by atoms with Crippen molar-refractivity contribution in [3.63, 3.8) is 0 Å². The number of carbonyl (C=O) groups excluding carboxylic acids is 1. The van der Waals surface area contributed by atoms with Gasteiger partial charge in [-0.2, -0.15) is 0 Å². The Labute approximate surface area is 191 Å². The molecule has 2 heterocycles. The number of benzene rings is 1. The summed E-state index contributed by atoms with van der Waals surface area (Å²) < 4.78 is 5.84. The molecule has 0 saturated carbocycles. The molecular weight excluding hydrogens is 398 g/mol. The van der Waals surface area contributed by atoms with Crippen molar-refractivity contribution in [3.8, 4) is 0 Å². The Morgan fingerprint density at radius 3 is 2.38 bits per heavy atom. The van der Waals surface area contributed by atoms with Crippen LogP contribution >= 0.6 is 0 Å². The molecule has 4 rings (SSSR count). The van der Waals surface area contributed by atoms with Crippen molar-refractivity contribution in [2.45, 2.75) is 45.6 Å². The largest absolute Gasteiger partial charge is 0.489 e. The first-order valence-corrected chi connectivity index (χ1v) is 11.6. The zero-order chi connectivity index (χ0) is 22.3. The minimum Gasteiger partial charge on any atom is -0.489 e. The second-order valence-corrected chi connectivity index (χ2v) is 8.84. The van der Waals surface area contributed by atoms with E-state index < -0.39 is 0 Å². The molecule has 1 aromatic carbocycles. The highest BCUT2D eigenvalue weighted by Crippen LogP contribution is 2.19. The van der Waals surface area contributed by atoms with Gasteiger partial charge >= 0.3 is 0 Å². The monoisotopic (exact) mass is 431 g/mol. The molecule has 0 unspecified atom stereocenters. The third kappa shape index (κ3) is 5.78. The molecule has 0 spiro atoms. The van der Waals surface area contributed by atoms with E-state index >= 15 is 0 Å². The topological polar surface area (TPSA) is 45.7 Å². The number of pyridine rings is 1. The first-order valence-electron chi connectivity index (χ1n) is 11.6. The standard InChI is InChI=1S/C27H33N3O2/c1-21(2)24-12-13-26(28-19-24)29-14-16-30(17-15-29)27(31)18-22-8-10-23(11-9-22)20-32-25-6-4-3-5-7-25/h4,6-13,19,21H,3,5,14-18,20H2,1-2H3. The maximum absolute atomic E-state index is 12.8. The van der Waals surface area contributed by atoms with Crippen LogP contribution < -0.4 is 4.90 Å². The summed E-state index contributed by atoms with van der Waals surface area (Å²) in [6.07, 6.45) is 10.8. The molecule has 0 atom stereocenters. The predicted octanol–water partition coefficient (Wildman–Crippen LogP) is 4.85. The quantitative estimate of drug-likeness (QED) is 0.629. The number of carbonyl (C=O) groups is 1. The summed E-state index contributed by atoms with van der Waals surface area (Å²) in [5.41, 5.74) is 3.41. The molecule has 2 aromatic rings. The highest BCUT2D eigenvalue weighted by Gasteiger charge is 2.22. The van der Waals surface area contributed by atoms with Gasteiger partial charge in [0.05, 0.1) is 6.42 Å². The van der Waals surface area contributed by atoms with E-state index in [-0.39, 0.29) is 5.91 Å². The summed E-state index contributed by atoms with van der Waals surface area (Å²) in [6, 6.07) is 12.4. The lowest BCUT2D eigenvalue weighted by Gasteiger charge is -2.35. The van der Waals surface area contributed by atoms with Crippen molar-refractivity contribution in [3.05, 3.63) is 83.3 Å². The molecule has 0 N–H and O–H groups in total. The predicted molar refractivity (Wildman–Crippen MR) is 129 cm³/mol. The second kappa shape index (κ2) is 10.5. The molecule has 1 aliphatic carbocycles. The van der Waals surface area contributed by atoms with Gasteiger partial charge < -0.3 is 14.5 Å². The van der Waals surface area contributed by atoms with Crippen molar-refractivity contribution >= 4 is 11.7 Å². The molecule has 1 aromatic heterocycles. The number of anilines is 1. The molecule has 32 heavy (non-hydrogen) atoms. The van der Waals surface area contributed by atoms with Gasteiger partial charge in [0.25, 0.3) is 0 Å². The van der Waals surface area contributed by atoms with E-state index in [1.54, 1.807) is 0 Å². The van der Waals surface area contributed by atoms with Crippen molar-refractivity contribution in [2.75, 3.05) is 31.1 Å². The molecule has 1 fully saturated rings. The fourth-order valence-electron chi connectivity index (χ4n) is 4.01. The highest BCUT2D eigenvalue weighted by molar-refractivity contribution is 5.79.